The number of carboxylic acids is 1. The normalized spacial score (nSPS) is 22.4. The van der Waals surface area contributed by atoms with Gasteiger partial charge in [0.25, 0.3) is 0 Å². The molecule has 0 bridgehead atoms. The summed E-state index contributed by atoms with van der Waals surface area (Å²) >= 11 is 0. The lowest BCUT2D eigenvalue weighted by Gasteiger charge is -2.25. The maximum atomic E-state index is 11.4. The van der Waals surface area contributed by atoms with E-state index in [4.69, 9.17) is 9.84 Å². The SMILES string of the molecule is CCOC(=O)Cn1cc(C2CCC(C(=O)O)CC2)cn1. The second-order valence-electron chi connectivity index (χ2n) is 5.16. The maximum Gasteiger partial charge on any atom is 0.327 e. The van der Waals surface area contributed by atoms with Crippen molar-refractivity contribution in [2.45, 2.75) is 45.1 Å². The van der Waals surface area contributed by atoms with Crippen LogP contribution in [0.2, 0.25) is 0 Å². The molecule has 0 radical (unpaired) electrons. The van der Waals surface area contributed by atoms with Crippen molar-refractivity contribution in [1.29, 1.82) is 0 Å². The molecule has 20 heavy (non-hydrogen) atoms. The Morgan fingerprint density at radius 2 is 2.10 bits per heavy atom. The van der Waals surface area contributed by atoms with Crippen LogP contribution in [0.15, 0.2) is 12.4 Å². The Bertz CT molecular complexity index is 475. The zero-order valence-corrected chi connectivity index (χ0v) is 11.6. The summed E-state index contributed by atoms with van der Waals surface area (Å²) in [7, 11) is 0. The molecule has 0 spiro atoms. The molecule has 0 amide bonds. The average molecular weight is 280 g/mol. The molecule has 0 saturated heterocycles. The summed E-state index contributed by atoms with van der Waals surface area (Å²) in [6.45, 7) is 2.26. The van der Waals surface area contributed by atoms with Gasteiger partial charge in [0.1, 0.15) is 6.54 Å². The first-order valence-corrected chi connectivity index (χ1v) is 7.01. The van der Waals surface area contributed by atoms with Gasteiger partial charge in [0.2, 0.25) is 0 Å². The second kappa shape index (κ2) is 6.54. The van der Waals surface area contributed by atoms with Crippen LogP contribution in [0.3, 0.4) is 0 Å². The maximum absolute atomic E-state index is 11.4. The Morgan fingerprint density at radius 1 is 1.40 bits per heavy atom. The number of carboxylic acid groups (broad SMARTS) is 1. The zero-order chi connectivity index (χ0) is 14.5. The minimum absolute atomic E-state index is 0.123. The Morgan fingerprint density at radius 3 is 2.70 bits per heavy atom. The number of rotatable bonds is 5. The minimum atomic E-state index is -0.693. The quantitative estimate of drug-likeness (QED) is 0.832. The lowest BCUT2D eigenvalue weighted by Crippen LogP contribution is -2.20. The molecule has 0 aromatic carbocycles. The average Bonchev–Trinajstić information content (AvgIpc) is 2.87. The third-order valence-corrected chi connectivity index (χ3v) is 3.80. The van der Waals surface area contributed by atoms with Crippen molar-refractivity contribution in [3.05, 3.63) is 18.0 Å². The van der Waals surface area contributed by atoms with Crippen LogP contribution in [0, 0.1) is 5.92 Å². The molecule has 0 unspecified atom stereocenters. The van der Waals surface area contributed by atoms with Crippen molar-refractivity contribution in [1.82, 2.24) is 9.78 Å². The van der Waals surface area contributed by atoms with Crippen molar-refractivity contribution >= 4 is 11.9 Å². The molecule has 1 aromatic rings. The van der Waals surface area contributed by atoms with E-state index in [0.717, 1.165) is 18.4 Å². The number of aliphatic carboxylic acids is 1. The lowest BCUT2D eigenvalue weighted by atomic mass is 9.79. The first-order valence-electron chi connectivity index (χ1n) is 7.01. The Labute approximate surface area is 117 Å². The lowest BCUT2D eigenvalue weighted by molar-refractivity contribution is -0.144. The molecule has 110 valence electrons. The Balaban J connectivity index is 1.90. The molecule has 0 aliphatic heterocycles. The van der Waals surface area contributed by atoms with Crippen LogP contribution >= 0.6 is 0 Å². The fourth-order valence-corrected chi connectivity index (χ4v) is 2.69. The van der Waals surface area contributed by atoms with E-state index in [-0.39, 0.29) is 18.4 Å². The van der Waals surface area contributed by atoms with Crippen LogP contribution in [0.5, 0.6) is 0 Å². The van der Waals surface area contributed by atoms with Crippen LogP contribution in [0.1, 0.15) is 44.1 Å². The van der Waals surface area contributed by atoms with Gasteiger partial charge in [0.05, 0.1) is 18.7 Å². The summed E-state index contributed by atoms with van der Waals surface area (Å²) in [5, 5.41) is 13.1. The molecule has 1 aromatic heterocycles. The standard InChI is InChI=1S/C14H20N2O4/c1-2-20-13(17)9-16-8-12(7-15-16)10-3-5-11(6-4-10)14(18)19/h7-8,10-11H,2-6,9H2,1H3,(H,18,19). The van der Waals surface area contributed by atoms with Crippen LogP contribution in [0.25, 0.3) is 0 Å². The van der Waals surface area contributed by atoms with Gasteiger partial charge in [0, 0.05) is 6.20 Å². The van der Waals surface area contributed by atoms with Gasteiger partial charge in [-0.15, -0.1) is 0 Å². The van der Waals surface area contributed by atoms with Gasteiger partial charge in [-0.2, -0.15) is 5.10 Å². The van der Waals surface area contributed by atoms with Gasteiger partial charge < -0.3 is 9.84 Å². The third kappa shape index (κ3) is 3.59. The topological polar surface area (TPSA) is 81.4 Å². The predicted molar refractivity (Wildman–Crippen MR) is 71.2 cm³/mol. The molecule has 6 nitrogen and oxygen atoms in total. The van der Waals surface area contributed by atoms with Crippen molar-refractivity contribution in [3.8, 4) is 0 Å². The van der Waals surface area contributed by atoms with Gasteiger partial charge in [-0.1, -0.05) is 0 Å². The molecule has 0 atom stereocenters. The Kier molecular flexibility index (Phi) is 4.76. The highest BCUT2D eigenvalue weighted by atomic mass is 16.5. The van der Waals surface area contributed by atoms with Crippen molar-refractivity contribution < 1.29 is 19.4 Å². The minimum Gasteiger partial charge on any atom is -0.481 e. The summed E-state index contributed by atoms with van der Waals surface area (Å²) < 4.78 is 6.46. The van der Waals surface area contributed by atoms with E-state index in [9.17, 15) is 9.59 Å². The van der Waals surface area contributed by atoms with E-state index in [1.54, 1.807) is 17.8 Å². The van der Waals surface area contributed by atoms with Gasteiger partial charge in [-0.3, -0.25) is 14.3 Å². The van der Waals surface area contributed by atoms with E-state index in [2.05, 4.69) is 5.10 Å². The number of aromatic nitrogens is 2. The highest BCUT2D eigenvalue weighted by Gasteiger charge is 2.27. The molecule has 1 heterocycles. The Hall–Kier alpha value is -1.85. The summed E-state index contributed by atoms with van der Waals surface area (Å²) in [6, 6.07) is 0. The van der Waals surface area contributed by atoms with Crippen LogP contribution in [-0.4, -0.2) is 33.4 Å². The summed E-state index contributed by atoms with van der Waals surface area (Å²) in [4.78, 5) is 22.3. The van der Waals surface area contributed by atoms with E-state index in [1.165, 1.54) is 0 Å². The van der Waals surface area contributed by atoms with E-state index < -0.39 is 5.97 Å². The van der Waals surface area contributed by atoms with E-state index >= 15 is 0 Å². The molecule has 1 fully saturated rings. The summed E-state index contributed by atoms with van der Waals surface area (Å²) in [5.41, 5.74) is 1.08. The summed E-state index contributed by atoms with van der Waals surface area (Å²) in [6.07, 6.45) is 6.78. The van der Waals surface area contributed by atoms with Gasteiger partial charge in [-0.25, -0.2) is 0 Å². The van der Waals surface area contributed by atoms with Crippen LogP contribution in [-0.2, 0) is 20.9 Å². The molecule has 1 aliphatic rings. The van der Waals surface area contributed by atoms with Crippen molar-refractivity contribution in [2.75, 3.05) is 6.61 Å². The first kappa shape index (κ1) is 14.6. The third-order valence-electron chi connectivity index (χ3n) is 3.80. The fraction of sp³-hybridized carbons (Fsp3) is 0.643. The van der Waals surface area contributed by atoms with Gasteiger partial charge >= 0.3 is 11.9 Å². The highest BCUT2D eigenvalue weighted by Crippen LogP contribution is 2.35. The van der Waals surface area contributed by atoms with Crippen LogP contribution < -0.4 is 0 Å². The van der Waals surface area contributed by atoms with E-state index in [1.807, 2.05) is 6.20 Å². The number of carbonyl (C=O) groups is 2. The molecular formula is C14H20N2O4. The largest absolute Gasteiger partial charge is 0.481 e. The van der Waals surface area contributed by atoms with Crippen LogP contribution in [0.4, 0.5) is 0 Å². The van der Waals surface area contributed by atoms with Crippen molar-refractivity contribution in [3.63, 3.8) is 0 Å². The number of hydrogen-bond acceptors (Lipinski definition) is 4. The smallest absolute Gasteiger partial charge is 0.327 e. The molecule has 1 aliphatic carbocycles. The molecule has 1 N–H and O–H groups in total. The molecule has 6 heteroatoms. The highest BCUT2D eigenvalue weighted by molar-refractivity contribution is 5.70. The van der Waals surface area contributed by atoms with Crippen molar-refractivity contribution in [2.24, 2.45) is 5.92 Å². The number of esters is 1. The first-order chi connectivity index (χ1) is 9.60. The second-order valence-corrected chi connectivity index (χ2v) is 5.16. The molecule has 1 saturated carbocycles. The molecule has 2 rings (SSSR count). The number of ether oxygens (including phenoxy) is 1. The number of hydrogen-bond donors (Lipinski definition) is 1. The molecular weight excluding hydrogens is 260 g/mol. The summed E-state index contributed by atoms with van der Waals surface area (Å²) in [5.74, 6) is -0.847. The predicted octanol–water partition coefficient (Wildman–Crippen LogP) is 1.80. The zero-order valence-electron chi connectivity index (χ0n) is 11.6. The monoisotopic (exact) mass is 280 g/mol. The fourth-order valence-electron chi connectivity index (χ4n) is 2.69. The van der Waals surface area contributed by atoms with Gasteiger partial charge in [0.15, 0.2) is 0 Å². The van der Waals surface area contributed by atoms with Gasteiger partial charge in [-0.05, 0) is 44.1 Å². The number of carbonyl (C=O) groups excluding carboxylic acids is 1. The van der Waals surface area contributed by atoms with E-state index in [0.29, 0.717) is 25.4 Å². The number of nitrogens with zero attached hydrogens (tertiary/aromatic N) is 2.